The Labute approximate surface area is 109 Å². The normalized spacial score (nSPS) is 10.9. The van der Waals surface area contributed by atoms with E-state index in [1.165, 1.54) is 11.8 Å². The van der Waals surface area contributed by atoms with Crippen molar-refractivity contribution in [3.63, 3.8) is 0 Å². The van der Waals surface area contributed by atoms with Gasteiger partial charge in [-0.3, -0.25) is 4.57 Å². The van der Waals surface area contributed by atoms with Gasteiger partial charge in [0.05, 0.1) is 0 Å². The first-order valence-corrected chi connectivity index (χ1v) is 6.43. The van der Waals surface area contributed by atoms with Crippen LogP contribution in [0.5, 0.6) is 0 Å². The van der Waals surface area contributed by atoms with Crippen molar-refractivity contribution in [1.29, 1.82) is 0 Å². The number of anilines is 1. The second-order valence-corrected chi connectivity index (χ2v) is 4.98. The van der Waals surface area contributed by atoms with Gasteiger partial charge in [-0.05, 0) is 37.7 Å². The second kappa shape index (κ2) is 5.26. The van der Waals surface area contributed by atoms with Crippen LogP contribution in [0.25, 0.3) is 0 Å². The van der Waals surface area contributed by atoms with Gasteiger partial charge in [0.1, 0.15) is 10.8 Å². The summed E-state index contributed by atoms with van der Waals surface area (Å²) in [5.41, 5.74) is -0.197. The van der Waals surface area contributed by atoms with E-state index in [9.17, 15) is 4.79 Å². The molecule has 2 heterocycles. The third-order valence-corrected chi connectivity index (χ3v) is 3.27. The number of nitrogens with zero attached hydrogens (tertiary/aromatic N) is 3. The fourth-order valence-corrected chi connectivity index (χ4v) is 2.48. The van der Waals surface area contributed by atoms with Crippen molar-refractivity contribution in [2.75, 3.05) is 12.4 Å². The Kier molecular flexibility index (Phi) is 3.71. The van der Waals surface area contributed by atoms with Gasteiger partial charge in [0.2, 0.25) is 0 Å². The zero-order valence-corrected chi connectivity index (χ0v) is 11.3. The minimum atomic E-state index is -0.197. The molecule has 0 aliphatic carbocycles. The fourth-order valence-electron chi connectivity index (χ4n) is 1.52. The van der Waals surface area contributed by atoms with E-state index < -0.39 is 0 Å². The van der Waals surface area contributed by atoms with Crippen LogP contribution in [0.15, 0.2) is 33.2 Å². The molecule has 2 aromatic heterocycles. The van der Waals surface area contributed by atoms with Crippen molar-refractivity contribution in [3.05, 3.63) is 28.7 Å². The summed E-state index contributed by atoms with van der Waals surface area (Å²) in [6, 6.07) is 5.73. The Morgan fingerprint density at radius 1 is 1.44 bits per heavy atom. The molecule has 96 valence electrons. The van der Waals surface area contributed by atoms with E-state index >= 15 is 0 Å². The van der Waals surface area contributed by atoms with E-state index in [-0.39, 0.29) is 11.7 Å². The van der Waals surface area contributed by atoms with Crippen LogP contribution < -0.4 is 11.0 Å². The minimum Gasteiger partial charge on any atom is -0.373 e. The van der Waals surface area contributed by atoms with Crippen LogP contribution in [0.3, 0.4) is 0 Å². The molecule has 0 aromatic carbocycles. The number of hydrogen-bond acceptors (Lipinski definition) is 5. The van der Waals surface area contributed by atoms with Crippen molar-refractivity contribution < 1.29 is 0 Å². The Bertz CT molecular complexity index is 589. The number of nitrogens with one attached hydrogen (secondary N) is 2. The van der Waals surface area contributed by atoms with Crippen LogP contribution in [-0.2, 0) is 0 Å². The number of aromatic nitrogens is 4. The van der Waals surface area contributed by atoms with Crippen LogP contribution in [0.1, 0.15) is 19.9 Å². The van der Waals surface area contributed by atoms with Gasteiger partial charge in [-0.25, -0.2) is 14.9 Å². The highest BCUT2D eigenvalue weighted by Gasteiger charge is 2.13. The molecule has 0 aliphatic rings. The fraction of sp³-hybridized carbons (Fsp3) is 0.364. The van der Waals surface area contributed by atoms with Crippen molar-refractivity contribution in [3.8, 4) is 0 Å². The molecule has 0 aliphatic heterocycles. The van der Waals surface area contributed by atoms with E-state index in [0.29, 0.717) is 5.16 Å². The number of H-pyrrole nitrogens is 1. The topological polar surface area (TPSA) is 75.6 Å². The molecule has 0 saturated carbocycles. The summed E-state index contributed by atoms with van der Waals surface area (Å²) in [7, 11) is 1.81. The van der Waals surface area contributed by atoms with Gasteiger partial charge in [0.25, 0.3) is 0 Å². The lowest BCUT2D eigenvalue weighted by Gasteiger charge is -2.08. The standard InChI is InChI=1S/C11H15N5OS/c1-7(2)16-10(17)14-15-11(16)18-9-6-4-5-8(12-3)13-9/h4-7H,1-3H3,(H,12,13)(H,14,17). The van der Waals surface area contributed by atoms with E-state index in [2.05, 4.69) is 20.5 Å². The van der Waals surface area contributed by atoms with Gasteiger partial charge in [-0.2, -0.15) is 0 Å². The van der Waals surface area contributed by atoms with Gasteiger partial charge in [0.15, 0.2) is 5.16 Å². The third kappa shape index (κ3) is 2.56. The lowest BCUT2D eigenvalue weighted by Crippen LogP contribution is -2.19. The molecule has 0 amide bonds. The zero-order valence-electron chi connectivity index (χ0n) is 10.5. The van der Waals surface area contributed by atoms with Crippen molar-refractivity contribution >= 4 is 17.6 Å². The summed E-state index contributed by atoms with van der Waals surface area (Å²) in [5, 5.41) is 10.9. The molecule has 0 saturated heterocycles. The minimum absolute atomic E-state index is 0.0613. The smallest absolute Gasteiger partial charge is 0.344 e. The van der Waals surface area contributed by atoms with Gasteiger partial charge < -0.3 is 5.32 Å². The molecule has 0 radical (unpaired) electrons. The Morgan fingerprint density at radius 2 is 2.22 bits per heavy atom. The molecular weight excluding hydrogens is 250 g/mol. The number of hydrogen-bond donors (Lipinski definition) is 2. The SMILES string of the molecule is CNc1cccc(Sc2n[nH]c(=O)n2C(C)C)n1. The summed E-state index contributed by atoms with van der Waals surface area (Å²) >= 11 is 1.36. The average molecular weight is 265 g/mol. The first kappa shape index (κ1) is 12.7. The van der Waals surface area contributed by atoms with Crippen LogP contribution >= 0.6 is 11.8 Å². The average Bonchev–Trinajstić information content (AvgIpc) is 2.70. The highest BCUT2D eigenvalue weighted by atomic mass is 32.2. The summed E-state index contributed by atoms with van der Waals surface area (Å²) in [6.07, 6.45) is 0. The van der Waals surface area contributed by atoms with Crippen molar-refractivity contribution in [2.24, 2.45) is 0 Å². The number of pyridine rings is 1. The number of rotatable bonds is 4. The predicted molar refractivity (Wildman–Crippen MR) is 71.1 cm³/mol. The van der Waals surface area contributed by atoms with Crippen LogP contribution in [0.4, 0.5) is 5.82 Å². The molecule has 2 N–H and O–H groups in total. The summed E-state index contributed by atoms with van der Waals surface area (Å²) < 4.78 is 1.61. The van der Waals surface area contributed by atoms with E-state index in [1.807, 2.05) is 39.1 Å². The summed E-state index contributed by atoms with van der Waals surface area (Å²) in [6.45, 7) is 3.89. The van der Waals surface area contributed by atoms with Crippen LogP contribution in [0.2, 0.25) is 0 Å². The highest BCUT2D eigenvalue weighted by Crippen LogP contribution is 2.25. The molecular formula is C11H15N5OS. The Balaban J connectivity index is 2.31. The monoisotopic (exact) mass is 265 g/mol. The lowest BCUT2D eigenvalue weighted by atomic mass is 10.4. The first-order chi connectivity index (χ1) is 8.61. The van der Waals surface area contributed by atoms with Crippen molar-refractivity contribution in [1.82, 2.24) is 19.7 Å². The van der Waals surface area contributed by atoms with Gasteiger partial charge >= 0.3 is 5.69 Å². The molecule has 2 aromatic rings. The Hall–Kier alpha value is -1.76. The molecule has 6 nitrogen and oxygen atoms in total. The maximum Gasteiger partial charge on any atom is 0.344 e. The molecule has 18 heavy (non-hydrogen) atoms. The summed E-state index contributed by atoms with van der Waals surface area (Å²) in [4.78, 5) is 16.0. The van der Waals surface area contributed by atoms with Crippen LogP contribution in [0, 0.1) is 0 Å². The zero-order chi connectivity index (χ0) is 13.1. The van der Waals surface area contributed by atoms with Gasteiger partial charge in [0, 0.05) is 13.1 Å². The van der Waals surface area contributed by atoms with E-state index in [0.717, 1.165) is 10.8 Å². The molecule has 0 atom stereocenters. The van der Waals surface area contributed by atoms with Gasteiger partial charge in [-0.15, -0.1) is 5.10 Å². The molecule has 0 spiro atoms. The Morgan fingerprint density at radius 3 is 2.89 bits per heavy atom. The highest BCUT2D eigenvalue weighted by molar-refractivity contribution is 7.99. The molecule has 0 bridgehead atoms. The second-order valence-electron chi connectivity index (χ2n) is 3.99. The third-order valence-electron chi connectivity index (χ3n) is 2.36. The van der Waals surface area contributed by atoms with Crippen LogP contribution in [-0.4, -0.2) is 26.8 Å². The van der Waals surface area contributed by atoms with Gasteiger partial charge in [-0.1, -0.05) is 6.07 Å². The van der Waals surface area contributed by atoms with Crippen molar-refractivity contribution in [2.45, 2.75) is 30.1 Å². The molecule has 7 heteroatoms. The maximum absolute atomic E-state index is 11.6. The largest absolute Gasteiger partial charge is 0.373 e. The quantitative estimate of drug-likeness (QED) is 0.880. The summed E-state index contributed by atoms with van der Waals surface area (Å²) in [5.74, 6) is 0.786. The predicted octanol–water partition coefficient (Wildman–Crippen LogP) is 1.74. The first-order valence-electron chi connectivity index (χ1n) is 5.61. The number of aromatic amines is 1. The van der Waals surface area contributed by atoms with E-state index in [4.69, 9.17) is 0 Å². The molecule has 2 rings (SSSR count). The molecule has 0 unspecified atom stereocenters. The maximum atomic E-state index is 11.6. The van der Waals surface area contributed by atoms with E-state index in [1.54, 1.807) is 4.57 Å². The lowest BCUT2D eigenvalue weighted by molar-refractivity contribution is 0.534. The molecule has 0 fully saturated rings.